The summed E-state index contributed by atoms with van der Waals surface area (Å²) in [6, 6.07) is 5.20. The molecule has 0 spiro atoms. The molecule has 0 saturated carbocycles. The number of piperazine rings is 1. The number of hydrogen-bond acceptors (Lipinski definition) is 2. The van der Waals surface area contributed by atoms with Crippen LogP contribution in [0.1, 0.15) is 18.4 Å². The Hall–Kier alpha value is -1.55. The molecular weight excluding hydrogens is 264 g/mol. The smallest absolute Gasteiger partial charge is 0.250 e. The molecule has 0 radical (unpaired) electrons. The van der Waals surface area contributed by atoms with E-state index in [4.69, 9.17) is 11.6 Å². The molecule has 1 unspecified atom stereocenters. The Kier molecular flexibility index (Phi) is 2.97. The van der Waals surface area contributed by atoms with Crippen LogP contribution in [0.2, 0.25) is 5.02 Å². The molecule has 2 saturated heterocycles. The van der Waals surface area contributed by atoms with Crippen molar-refractivity contribution in [2.45, 2.75) is 25.8 Å². The summed E-state index contributed by atoms with van der Waals surface area (Å²) in [6.45, 7) is 2.74. The molecule has 1 aromatic carbocycles. The average molecular weight is 279 g/mol. The number of fused-ring (bicyclic) bond motifs is 1. The van der Waals surface area contributed by atoms with Gasteiger partial charge in [0.1, 0.15) is 12.6 Å². The van der Waals surface area contributed by atoms with Crippen molar-refractivity contribution >= 4 is 29.1 Å². The summed E-state index contributed by atoms with van der Waals surface area (Å²) >= 11 is 6.10. The Balaban J connectivity index is 1.94. The minimum atomic E-state index is -0.277. The Morgan fingerprint density at radius 1 is 1.32 bits per heavy atom. The molecule has 100 valence electrons. The van der Waals surface area contributed by atoms with Gasteiger partial charge in [0.25, 0.3) is 0 Å². The minimum Gasteiger partial charge on any atom is -0.329 e. The number of benzene rings is 1. The third-order valence-electron chi connectivity index (χ3n) is 3.88. The predicted octanol–water partition coefficient (Wildman–Crippen LogP) is 1.99. The van der Waals surface area contributed by atoms with Crippen molar-refractivity contribution in [1.29, 1.82) is 0 Å². The van der Waals surface area contributed by atoms with E-state index in [0.29, 0.717) is 17.3 Å². The van der Waals surface area contributed by atoms with Crippen LogP contribution in [0.25, 0.3) is 0 Å². The van der Waals surface area contributed by atoms with Crippen molar-refractivity contribution in [2.24, 2.45) is 0 Å². The van der Waals surface area contributed by atoms with E-state index in [-0.39, 0.29) is 24.4 Å². The van der Waals surface area contributed by atoms with Gasteiger partial charge in [0.05, 0.1) is 0 Å². The number of rotatable bonds is 1. The molecule has 4 nitrogen and oxygen atoms in total. The summed E-state index contributed by atoms with van der Waals surface area (Å²) in [7, 11) is 0. The number of hydrogen-bond donors (Lipinski definition) is 0. The second-order valence-corrected chi connectivity index (χ2v) is 5.51. The maximum atomic E-state index is 12.4. The van der Waals surface area contributed by atoms with Crippen LogP contribution >= 0.6 is 11.6 Å². The minimum absolute atomic E-state index is 0.0111. The van der Waals surface area contributed by atoms with E-state index in [2.05, 4.69) is 0 Å². The van der Waals surface area contributed by atoms with Crippen LogP contribution in [-0.4, -0.2) is 35.8 Å². The second-order valence-electron chi connectivity index (χ2n) is 5.10. The number of amides is 2. The van der Waals surface area contributed by atoms with Gasteiger partial charge in [-0.1, -0.05) is 17.7 Å². The molecule has 0 bridgehead atoms. The molecule has 2 aliphatic rings. The molecule has 0 aliphatic carbocycles. The normalized spacial score (nSPS) is 22.9. The largest absolute Gasteiger partial charge is 0.329 e. The zero-order valence-electron chi connectivity index (χ0n) is 10.7. The highest BCUT2D eigenvalue weighted by molar-refractivity contribution is 6.31. The van der Waals surface area contributed by atoms with Crippen LogP contribution < -0.4 is 4.90 Å². The Morgan fingerprint density at radius 2 is 2.11 bits per heavy atom. The fourth-order valence-corrected chi connectivity index (χ4v) is 2.95. The summed E-state index contributed by atoms with van der Waals surface area (Å²) in [4.78, 5) is 27.8. The Bertz CT molecular complexity index is 558. The molecule has 2 fully saturated rings. The van der Waals surface area contributed by atoms with Crippen molar-refractivity contribution in [1.82, 2.24) is 4.90 Å². The molecule has 2 heterocycles. The lowest BCUT2D eigenvalue weighted by atomic mass is 10.1. The monoisotopic (exact) mass is 278 g/mol. The van der Waals surface area contributed by atoms with Gasteiger partial charge in [-0.2, -0.15) is 0 Å². The van der Waals surface area contributed by atoms with Gasteiger partial charge in [0.15, 0.2) is 0 Å². The number of nitrogens with zero attached hydrogens (tertiary/aromatic N) is 2. The quantitative estimate of drug-likeness (QED) is 0.788. The van der Waals surface area contributed by atoms with Crippen LogP contribution in [0.4, 0.5) is 5.69 Å². The highest BCUT2D eigenvalue weighted by atomic mass is 35.5. The SMILES string of the molecule is Cc1ccc(N2CC(=O)N3CCCC3C2=O)cc1Cl. The van der Waals surface area contributed by atoms with Crippen LogP contribution in [-0.2, 0) is 9.59 Å². The molecule has 1 atom stereocenters. The first-order valence-electron chi connectivity index (χ1n) is 6.45. The zero-order valence-corrected chi connectivity index (χ0v) is 11.5. The zero-order chi connectivity index (χ0) is 13.6. The van der Waals surface area contributed by atoms with Crippen LogP contribution in [0.5, 0.6) is 0 Å². The first-order chi connectivity index (χ1) is 9.08. The standard InChI is InChI=1S/C14H15ClN2O2/c1-9-4-5-10(7-11(9)15)17-8-13(18)16-6-2-3-12(16)14(17)19/h4-5,7,12H,2-3,6,8H2,1H3. The molecular formula is C14H15ClN2O2. The summed E-state index contributed by atoms with van der Waals surface area (Å²) in [5.74, 6) is 0.0378. The van der Waals surface area contributed by atoms with E-state index < -0.39 is 0 Å². The second kappa shape index (κ2) is 4.53. The first-order valence-corrected chi connectivity index (χ1v) is 6.83. The van der Waals surface area contributed by atoms with Crippen LogP contribution in [0.15, 0.2) is 18.2 Å². The lowest BCUT2D eigenvalue weighted by molar-refractivity contribution is -0.140. The van der Waals surface area contributed by atoms with Gasteiger partial charge < -0.3 is 9.80 Å². The summed E-state index contributed by atoms with van der Waals surface area (Å²) in [5, 5.41) is 0.617. The van der Waals surface area contributed by atoms with Gasteiger partial charge in [0, 0.05) is 17.3 Å². The lowest BCUT2D eigenvalue weighted by Gasteiger charge is -2.36. The van der Waals surface area contributed by atoms with Crippen molar-refractivity contribution in [2.75, 3.05) is 18.0 Å². The number of carbonyl (C=O) groups is 2. The summed E-state index contributed by atoms with van der Waals surface area (Å²) in [6.07, 6.45) is 1.67. The molecule has 19 heavy (non-hydrogen) atoms. The van der Waals surface area contributed by atoms with Crippen molar-refractivity contribution in [3.63, 3.8) is 0 Å². The van der Waals surface area contributed by atoms with Gasteiger partial charge in [0.2, 0.25) is 11.8 Å². The Labute approximate surface area is 116 Å². The average Bonchev–Trinajstić information content (AvgIpc) is 2.87. The van der Waals surface area contributed by atoms with Crippen molar-refractivity contribution < 1.29 is 9.59 Å². The first kappa shape index (κ1) is 12.5. The van der Waals surface area contributed by atoms with E-state index >= 15 is 0 Å². The lowest BCUT2D eigenvalue weighted by Crippen LogP contribution is -2.57. The molecule has 0 N–H and O–H groups in total. The van der Waals surface area contributed by atoms with Gasteiger partial charge >= 0.3 is 0 Å². The topological polar surface area (TPSA) is 40.6 Å². The summed E-state index contributed by atoms with van der Waals surface area (Å²) < 4.78 is 0. The fourth-order valence-electron chi connectivity index (χ4n) is 2.77. The third kappa shape index (κ3) is 2.00. The maximum Gasteiger partial charge on any atom is 0.250 e. The van der Waals surface area contributed by atoms with Crippen molar-refractivity contribution in [3.8, 4) is 0 Å². The number of anilines is 1. The fraction of sp³-hybridized carbons (Fsp3) is 0.429. The highest BCUT2D eigenvalue weighted by Crippen LogP contribution is 2.29. The summed E-state index contributed by atoms with van der Waals surface area (Å²) in [5.41, 5.74) is 1.67. The number of carbonyl (C=O) groups excluding carboxylic acids is 2. The van der Waals surface area contributed by atoms with E-state index in [1.54, 1.807) is 15.9 Å². The van der Waals surface area contributed by atoms with E-state index in [1.807, 2.05) is 19.1 Å². The van der Waals surface area contributed by atoms with Gasteiger partial charge in [-0.15, -0.1) is 0 Å². The van der Waals surface area contributed by atoms with E-state index in [9.17, 15) is 9.59 Å². The molecule has 2 amide bonds. The van der Waals surface area contributed by atoms with Gasteiger partial charge in [-0.05, 0) is 37.5 Å². The molecule has 0 aromatic heterocycles. The molecule has 2 aliphatic heterocycles. The molecule has 1 aromatic rings. The van der Waals surface area contributed by atoms with E-state index in [0.717, 1.165) is 18.4 Å². The highest BCUT2D eigenvalue weighted by Gasteiger charge is 2.42. The van der Waals surface area contributed by atoms with Gasteiger partial charge in [-0.3, -0.25) is 9.59 Å². The third-order valence-corrected chi connectivity index (χ3v) is 4.29. The predicted molar refractivity (Wildman–Crippen MR) is 73.3 cm³/mol. The van der Waals surface area contributed by atoms with Crippen molar-refractivity contribution in [3.05, 3.63) is 28.8 Å². The molecule has 3 rings (SSSR count). The number of aryl methyl sites for hydroxylation is 1. The van der Waals surface area contributed by atoms with Crippen LogP contribution in [0.3, 0.4) is 0 Å². The number of halogens is 1. The van der Waals surface area contributed by atoms with Gasteiger partial charge in [-0.25, -0.2) is 0 Å². The van der Waals surface area contributed by atoms with Crippen LogP contribution in [0, 0.1) is 6.92 Å². The maximum absolute atomic E-state index is 12.4. The Morgan fingerprint density at radius 3 is 2.84 bits per heavy atom. The molecule has 5 heteroatoms. The van der Waals surface area contributed by atoms with E-state index in [1.165, 1.54) is 0 Å².